The van der Waals surface area contributed by atoms with E-state index in [4.69, 9.17) is 10.5 Å². The Hall–Kier alpha value is -2.77. The Bertz CT molecular complexity index is 854. The van der Waals surface area contributed by atoms with E-state index in [-0.39, 0.29) is 23.9 Å². The molecule has 1 saturated heterocycles. The molecular weight excluding hydrogens is 359 g/mol. The number of benzene rings is 1. The van der Waals surface area contributed by atoms with Crippen molar-refractivity contribution in [2.45, 2.75) is 31.2 Å². The van der Waals surface area contributed by atoms with E-state index >= 15 is 0 Å². The molecule has 3 unspecified atom stereocenters. The molecule has 2 N–H and O–H groups in total. The van der Waals surface area contributed by atoms with Crippen LogP contribution in [0.25, 0.3) is 0 Å². The van der Waals surface area contributed by atoms with Crippen LogP contribution in [0.3, 0.4) is 0 Å². The van der Waals surface area contributed by atoms with Crippen LogP contribution in [0.5, 0.6) is 5.88 Å². The van der Waals surface area contributed by atoms with Gasteiger partial charge in [0.15, 0.2) is 0 Å². The molecule has 0 spiro atoms. The molecule has 142 valence electrons. The summed E-state index contributed by atoms with van der Waals surface area (Å²) in [5.74, 6) is 0.296. The van der Waals surface area contributed by atoms with Gasteiger partial charge in [0.1, 0.15) is 6.10 Å². The largest absolute Gasteiger partial charge is 0.472 e. The Kier molecular flexibility index (Phi) is 4.20. The van der Waals surface area contributed by atoms with Gasteiger partial charge in [0.05, 0.1) is 17.2 Å². The second-order valence-corrected chi connectivity index (χ2v) is 6.99. The van der Waals surface area contributed by atoms with Gasteiger partial charge in [-0.2, -0.15) is 13.2 Å². The number of piperidine rings is 1. The summed E-state index contributed by atoms with van der Waals surface area (Å²) < 4.78 is 43.8. The van der Waals surface area contributed by atoms with E-state index in [1.165, 1.54) is 6.07 Å². The number of pyridine rings is 1. The Morgan fingerprint density at radius 2 is 1.96 bits per heavy atom. The maximum absolute atomic E-state index is 12.9. The van der Waals surface area contributed by atoms with Gasteiger partial charge in [-0.15, -0.1) is 0 Å². The number of carbonyl (C=O) groups is 1. The number of halogens is 3. The number of rotatable bonds is 3. The van der Waals surface area contributed by atoms with Crippen LogP contribution in [0.1, 0.15) is 28.8 Å². The molecule has 1 aliphatic heterocycles. The van der Waals surface area contributed by atoms with Crippen molar-refractivity contribution in [2.24, 2.45) is 5.92 Å². The molecule has 8 heteroatoms. The van der Waals surface area contributed by atoms with Crippen molar-refractivity contribution < 1.29 is 22.7 Å². The minimum absolute atomic E-state index is 0.132. The predicted molar refractivity (Wildman–Crippen MR) is 92.1 cm³/mol. The van der Waals surface area contributed by atoms with Gasteiger partial charge < -0.3 is 15.4 Å². The number of nitrogens with two attached hydrogens (primary N) is 1. The van der Waals surface area contributed by atoms with Crippen LogP contribution >= 0.6 is 0 Å². The fourth-order valence-corrected chi connectivity index (χ4v) is 3.95. The number of carbonyl (C=O) groups excluding carboxylic acids is 1. The number of hydrogen-bond donors (Lipinski definition) is 1. The summed E-state index contributed by atoms with van der Waals surface area (Å²) in [5.41, 5.74) is 5.97. The highest BCUT2D eigenvalue weighted by atomic mass is 19.4. The molecule has 1 saturated carbocycles. The smallest absolute Gasteiger partial charge is 0.417 e. The summed E-state index contributed by atoms with van der Waals surface area (Å²) in [4.78, 5) is 18.4. The first-order valence-corrected chi connectivity index (χ1v) is 8.68. The summed E-state index contributed by atoms with van der Waals surface area (Å²) in [7, 11) is 0. The van der Waals surface area contributed by atoms with Gasteiger partial charge in [-0.1, -0.05) is 12.1 Å². The number of ether oxygens (including phenoxy) is 1. The van der Waals surface area contributed by atoms with Gasteiger partial charge in [0.2, 0.25) is 5.88 Å². The molecule has 2 fully saturated rings. The average molecular weight is 377 g/mol. The monoisotopic (exact) mass is 377 g/mol. The van der Waals surface area contributed by atoms with Crippen molar-refractivity contribution in [3.63, 3.8) is 0 Å². The fraction of sp³-hybridized carbons (Fsp3) is 0.368. The summed E-state index contributed by atoms with van der Waals surface area (Å²) in [6.07, 6.45) is -2.40. The van der Waals surface area contributed by atoms with Crippen LogP contribution in [-0.2, 0) is 6.18 Å². The summed E-state index contributed by atoms with van der Waals surface area (Å²) in [6.45, 7) is 0.637. The Balaban J connectivity index is 1.48. The van der Waals surface area contributed by atoms with Gasteiger partial charge in [-0.05, 0) is 37.0 Å². The summed E-state index contributed by atoms with van der Waals surface area (Å²) in [5, 5.41) is 0. The zero-order chi connectivity index (χ0) is 19.2. The topological polar surface area (TPSA) is 68.5 Å². The van der Waals surface area contributed by atoms with Crippen molar-refractivity contribution in [2.75, 3.05) is 12.3 Å². The number of fused-ring (bicyclic) bond motifs is 2. The lowest BCUT2D eigenvalue weighted by Crippen LogP contribution is -2.47. The predicted octanol–water partition coefficient (Wildman–Crippen LogP) is 3.36. The van der Waals surface area contributed by atoms with E-state index in [0.29, 0.717) is 23.7 Å². The van der Waals surface area contributed by atoms with Gasteiger partial charge >= 0.3 is 6.18 Å². The van der Waals surface area contributed by atoms with Crippen LogP contribution in [0.2, 0.25) is 0 Å². The molecule has 1 aromatic heterocycles. The van der Waals surface area contributed by atoms with Crippen LogP contribution < -0.4 is 10.5 Å². The number of para-hydroxylation sites is 1. The van der Waals surface area contributed by atoms with Crippen molar-refractivity contribution in [3.05, 3.63) is 53.7 Å². The third kappa shape index (κ3) is 3.31. The highest BCUT2D eigenvalue weighted by Gasteiger charge is 2.48. The van der Waals surface area contributed by atoms with Gasteiger partial charge in [-0.25, -0.2) is 4.98 Å². The summed E-state index contributed by atoms with van der Waals surface area (Å²) >= 11 is 0. The molecular formula is C19H18F3N3O2. The molecule has 27 heavy (non-hydrogen) atoms. The Morgan fingerprint density at radius 3 is 2.59 bits per heavy atom. The number of alkyl halides is 3. The van der Waals surface area contributed by atoms with E-state index in [9.17, 15) is 18.0 Å². The fourth-order valence-electron chi connectivity index (χ4n) is 3.95. The Morgan fingerprint density at radius 1 is 1.19 bits per heavy atom. The molecule has 0 radical (unpaired) electrons. The zero-order valence-electron chi connectivity index (χ0n) is 14.3. The second-order valence-electron chi connectivity index (χ2n) is 6.99. The minimum Gasteiger partial charge on any atom is -0.472 e. The maximum Gasteiger partial charge on any atom is 0.417 e. The second kappa shape index (κ2) is 6.44. The van der Waals surface area contributed by atoms with Crippen LogP contribution in [0, 0.1) is 5.92 Å². The molecule has 2 aromatic rings. The quantitative estimate of drug-likeness (QED) is 0.833. The number of anilines is 1. The van der Waals surface area contributed by atoms with Crippen molar-refractivity contribution in [1.29, 1.82) is 0 Å². The molecule has 5 nitrogen and oxygen atoms in total. The maximum atomic E-state index is 12.9. The lowest BCUT2D eigenvalue weighted by atomic mass is 10.1. The Labute approximate surface area is 153 Å². The molecule has 1 amide bonds. The number of likely N-dealkylation sites (tertiary alicyclic amines) is 1. The standard InChI is InChI=1S/C19H18F3N3O2/c20-19(21,22)12-5-6-17(24-9-12)27-16-8-11-7-15(16)25(10-11)18(26)13-3-1-2-4-14(13)23/h1-6,9,11,15-16H,7-8,10,23H2. The molecule has 1 aromatic carbocycles. The van der Waals surface area contributed by atoms with Gasteiger partial charge in [0, 0.05) is 24.5 Å². The number of nitrogens with zero attached hydrogens (tertiary/aromatic N) is 2. The number of aromatic nitrogens is 1. The first-order valence-electron chi connectivity index (χ1n) is 8.68. The number of amides is 1. The third-order valence-corrected chi connectivity index (χ3v) is 5.21. The minimum atomic E-state index is -4.43. The first-order chi connectivity index (χ1) is 12.8. The van der Waals surface area contributed by atoms with Gasteiger partial charge in [-0.3, -0.25) is 4.79 Å². The lowest BCUT2D eigenvalue weighted by Gasteiger charge is -2.33. The average Bonchev–Trinajstić information content (AvgIpc) is 3.21. The molecule has 4 rings (SSSR count). The third-order valence-electron chi connectivity index (χ3n) is 5.21. The van der Waals surface area contributed by atoms with Crippen molar-refractivity contribution in [3.8, 4) is 5.88 Å². The molecule has 1 aliphatic carbocycles. The van der Waals surface area contributed by atoms with Crippen LogP contribution in [0.15, 0.2) is 42.6 Å². The van der Waals surface area contributed by atoms with E-state index in [1.54, 1.807) is 29.2 Å². The van der Waals surface area contributed by atoms with Gasteiger partial charge in [0.25, 0.3) is 5.91 Å². The van der Waals surface area contributed by atoms with E-state index in [0.717, 1.165) is 25.1 Å². The van der Waals surface area contributed by atoms with E-state index in [1.807, 2.05) is 0 Å². The lowest BCUT2D eigenvalue weighted by molar-refractivity contribution is -0.137. The van der Waals surface area contributed by atoms with Crippen molar-refractivity contribution >= 4 is 11.6 Å². The molecule has 2 aliphatic rings. The SMILES string of the molecule is Nc1ccccc1C(=O)N1CC2CC(Oc3ccc(C(F)(F)F)cn3)C1C2. The van der Waals surface area contributed by atoms with Crippen molar-refractivity contribution in [1.82, 2.24) is 9.88 Å². The van der Waals surface area contributed by atoms with Crippen LogP contribution in [0.4, 0.5) is 18.9 Å². The summed E-state index contributed by atoms with van der Waals surface area (Å²) in [6, 6.07) is 8.94. The first kappa shape index (κ1) is 17.6. The molecule has 2 heterocycles. The highest BCUT2D eigenvalue weighted by Crippen LogP contribution is 2.40. The highest BCUT2D eigenvalue weighted by molar-refractivity contribution is 5.99. The molecule has 2 bridgehead atoms. The normalized spacial score (nSPS) is 24.3. The number of hydrogen-bond acceptors (Lipinski definition) is 4. The van der Waals surface area contributed by atoms with Crippen LogP contribution in [-0.4, -0.2) is 34.5 Å². The number of nitrogen functional groups attached to an aromatic ring is 1. The van der Waals surface area contributed by atoms with E-state index < -0.39 is 11.7 Å². The molecule has 3 atom stereocenters. The van der Waals surface area contributed by atoms with E-state index in [2.05, 4.69) is 4.98 Å². The zero-order valence-corrected chi connectivity index (χ0v) is 14.3.